The van der Waals surface area contributed by atoms with Gasteiger partial charge in [-0.2, -0.15) is 0 Å². The average Bonchev–Trinajstić information content (AvgIpc) is 2.56. The van der Waals surface area contributed by atoms with Crippen LogP contribution in [0.3, 0.4) is 0 Å². The molecule has 0 fully saturated rings. The molecule has 2 aromatic carbocycles. The molecule has 1 unspecified atom stereocenters. The third-order valence-corrected chi connectivity index (χ3v) is 7.32. The zero-order valence-electron chi connectivity index (χ0n) is 13.7. The van der Waals surface area contributed by atoms with Crippen LogP contribution < -0.4 is 4.72 Å². The predicted molar refractivity (Wildman–Crippen MR) is 94.8 cm³/mol. The first kappa shape index (κ1) is 19.6. The summed E-state index contributed by atoms with van der Waals surface area (Å²) in [5.74, 6) is -0.621. The van der Waals surface area contributed by atoms with Crippen molar-refractivity contribution in [1.82, 2.24) is 4.72 Å². The summed E-state index contributed by atoms with van der Waals surface area (Å²) in [4.78, 5) is -0.0579. The number of sulfonamides is 1. The fourth-order valence-electron chi connectivity index (χ4n) is 2.41. The molecule has 8 heteroatoms. The Morgan fingerprint density at radius 3 is 2.12 bits per heavy atom. The minimum Gasteiger partial charge on any atom is -0.223 e. The second-order valence-electron chi connectivity index (χ2n) is 5.57. The lowest BCUT2D eigenvalue weighted by Gasteiger charge is -2.19. The van der Waals surface area contributed by atoms with Crippen molar-refractivity contribution in [2.75, 3.05) is 12.3 Å². The zero-order valence-corrected chi connectivity index (χ0v) is 15.4. The molecule has 136 valence electrons. The topological polar surface area (TPSA) is 80.3 Å². The summed E-state index contributed by atoms with van der Waals surface area (Å²) in [6, 6.07) is 12.9. The molecule has 1 atom stereocenters. The van der Waals surface area contributed by atoms with Crippen molar-refractivity contribution < 1.29 is 21.2 Å². The number of halogens is 1. The highest BCUT2D eigenvalue weighted by molar-refractivity contribution is 7.92. The molecule has 0 radical (unpaired) electrons. The van der Waals surface area contributed by atoms with Crippen molar-refractivity contribution in [3.05, 3.63) is 66.0 Å². The van der Waals surface area contributed by atoms with E-state index in [0.29, 0.717) is 12.0 Å². The molecule has 0 amide bonds. The van der Waals surface area contributed by atoms with E-state index in [0.717, 1.165) is 12.1 Å². The molecule has 1 N–H and O–H groups in total. The first-order chi connectivity index (χ1) is 11.8. The lowest BCUT2D eigenvalue weighted by atomic mass is 10.1. The lowest BCUT2D eigenvalue weighted by molar-refractivity contribution is 0.567. The van der Waals surface area contributed by atoms with Crippen molar-refractivity contribution >= 4 is 19.9 Å². The maximum Gasteiger partial charge on any atom is 0.211 e. The van der Waals surface area contributed by atoms with E-state index in [-0.39, 0.29) is 17.2 Å². The molecular weight excluding hydrogens is 365 g/mol. The van der Waals surface area contributed by atoms with Crippen LogP contribution in [-0.2, 0) is 19.9 Å². The van der Waals surface area contributed by atoms with Crippen molar-refractivity contribution in [3.63, 3.8) is 0 Å². The Kier molecular flexibility index (Phi) is 6.31. The molecule has 25 heavy (non-hydrogen) atoms. The molecule has 2 aromatic rings. The maximum absolute atomic E-state index is 13.1. The van der Waals surface area contributed by atoms with Crippen molar-refractivity contribution in [3.8, 4) is 0 Å². The van der Waals surface area contributed by atoms with Crippen LogP contribution >= 0.6 is 0 Å². The standard InChI is InChI=1S/C17H20FNO4S2/c1-2-12-24(20,21)19-13-17(14-6-4-3-5-7-14)25(22,23)16-10-8-15(18)9-11-16/h3-11,17,19H,2,12-13H2,1H3. The smallest absolute Gasteiger partial charge is 0.211 e. The molecule has 0 spiro atoms. The van der Waals surface area contributed by atoms with Gasteiger partial charge in [-0.3, -0.25) is 0 Å². The molecule has 5 nitrogen and oxygen atoms in total. The van der Waals surface area contributed by atoms with Crippen LogP contribution in [0.5, 0.6) is 0 Å². The minimum absolute atomic E-state index is 0.0579. The highest BCUT2D eigenvalue weighted by atomic mass is 32.2. The van der Waals surface area contributed by atoms with Gasteiger partial charge in [-0.25, -0.2) is 25.9 Å². The molecule has 0 aliphatic heterocycles. The molecule has 0 aromatic heterocycles. The van der Waals surface area contributed by atoms with Crippen LogP contribution in [0.25, 0.3) is 0 Å². The van der Waals surface area contributed by atoms with Crippen LogP contribution in [0.15, 0.2) is 59.5 Å². The van der Waals surface area contributed by atoms with Gasteiger partial charge < -0.3 is 0 Å². The molecule has 0 saturated carbocycles. The van der Waals surface area contributed by atoms with Gasteiger partial charge in [0, 0.05) is 6.54 Å². The van der Waals surface area contributed by atoms with Crippen LogP contribution in [0.1, 0.15) is 24.2 Å². The number of benzene rings is 2. The first-order valence-electron chi connectivity index (χ1n) is 7.78. The summed E-state index contributed by atoms with van der Waals surface area (Å²) in [6.07, 6.45) is 0.427. The maximum atomic E-state index is 13.1. The summed E-state index contributed by atoms with van der Waals surface area (Å²) >= 11 is 0. The quantitative estimate of drug-likeness (QED) is 0.709. The summed E-state index contributed by atoms with van der Waals surface area (Å²) < 4.78 is 65.2. The van der Waals surface area contributed by atoms with Crippen LogP contribution in [0.4, 0.5) is 4.39 Å². The van der Waals surface area contributed by atoms with E-state index in [9.17, 15) is 21.2 Å². The van der Waals surface area contributed by atoms with Crippen LogP contribution in [-0.4, -0.2) is 29.1 Å². The average molecular weight is 385 g/mol. The Balaban J connectivity index is 2.39. The van der Waals surface area contributed by atoms with E-state index in [1.807, 2.05) is 0 Å². The highest BCUT2D eigenvalue weighted by Gasteiger charge is 2.30. The van der Waals surface area contributed by atoms with Gasteiger partial charge in [-0.05, 0) is 36.2 Å². The van der Waals surface area contributed by atoms with Crippen molar-refractivity contribution in [1.29, 1.82) is 0 Å². The Morgan fingerprint density at radius 2 is 1.56 bits per heavy atom. The van der Waals surface area contributed by atoms with Gasteiger partial charge in [-0.1, -0.05) is 37.3 Å². The Hall–Kier alpha value is -1.77. The molecule has 2 rings (SSSR count). The van der Waals surface area contributed by atoms with Gasteiger partial charge >= 0.3 is 0 Å². The molecule has 0 saturated heterocycles. The molecule has 0 aliphatic rings. The molecule has 0 heterocycles. The van der Waals surface area contributed by atoms with Gasteiger partial charge in [0.1, 0.15) is 11.1 Å². The van der Waals surface area contributed by atoms with Gasteiger partial charge in [0.25, 0.3) is 0 Å². The fourth-order valence-corrected chi connectivity index (χ4v) is 5.28. The third-order valence-electron chi connectivity index (χ3n) is 3.65. The van der Waals surface area contributed by atoms with E-state index in [2.05, 4.69) is 4.72 Å². The first-order valence-corrected chi connectivity index (χ1v) is 11.0. The predicted octanol–water partition coefficient (Wildman–Crippen LogP) is 2.67. The van der Waals surface area contributed by atoms with Gasteiger partial charge in [0.15, 0.2) is 9.84 Å². The van der Waals surface area contributed by atoms with Gasteiger partial charge in [-0.15, -0.1) is 0 Å². The fraction of sp³-hybridized carbons (Fsp3) is 0.294. The number of hydrogen-bond donors (Lipinski definition) is 1. The van der Waals surface area contributed by atoms with E-state index >= 15 is 0 Å². The molecule has 0 bridgehead atoms. The normalized spacial score (nSPS) is 13.5. The summed E-state index contributed by atoms with van der Waals surface area (Å²) in [5, 5.41) is -1.11. The van der Waals surface area contributed by atoms with E-state index in [1.165, 1.54) is 12.1 Å². The monoisotopic (exact) mass is 385 g/mol. The second-order valence-corrected chi connectivity index (χ2v) is 9.62. The van der Waals surface area contributed by atoms with E-state index in [1.54, 1.807) is 37.3 Å². The number of rotatable bonds is 8. The van der Waals surface area contributed by atoms with E-state index in [4.69, 9.17) is 0 Å². The van der Waals surface area contributed by atoms with Crippen LogP contribution in [0, 0.1) is 5.82 Å². The van der Waals surface area contributed by atoms with Crippen molar-refractivity contribution in [2.45, 2.75) is 23.5 Å². The zero-order chi connectivity index (χ0) is 18.5. The summed E-state index contributed by atoms with van der Waals surface area (Å²) in [5.41, 5.74) is 0.464. The molecular formula is C17H20FNO4S2. The highest BCUT2D eigenvalue weighted by Crippen LogP contribution is 2.28. The Morgan fingerprint density at radius 1 is 0.960 bits per heavy atom. The Labute approximate surface area is 147 Å². The largest absolute Gasteiger partial charge is 0.223 e. The third kappa shape index (κ3) is 5.10. The minimum atomic E-state index is -3.90. The lowest BCUT2D eigenvalue weighted by Crippen LogP contribution is -2.33. The SMILES string of the molecule is CCCS(=O)(=O)NCC(c1ccccc1)S(=O)(=O)c1ccc(F)cc1. The Bertz CT molecular complexity index is 895. The van der Waals surface area contributed by atoms with Crippen LogP contribution in [0.2, 0.25) is 0 Å². The summed E-state index contributed by atoms with van der Waals surface area (Å²) in [7, 11) is -7.46. The van der Waals surface area contributed by atoms with Gasteiger partial charge in [0.2, 0.25) is 10.0 Å². The number of sulfone groups is 1. The second kappa shape index (κ2) is 8.07. The molecule has 0 aliphatic carbocycles. The van der Waals surface area contributed by atoms with Gasteiger partial charge in [0.05, 0.1) is 10.6 Å². The summed E-state index contributed by atoms with van der Waals surface area (Å²) in [6.45, 7) is 1.44. The van der Waals surface area contributed by atoms with E-state index < -0.39 is 30.9 Å². The van der Waals surface area contributed by atoms with Crippen molar-refractivity contribution in [2.24, 2.45) is 0 Å². The number of hydrogen-bond acceptors (Lipinski definition) is 4. The number of nitrogens with one attached hydrogen (secondary N) is 1.